The van der Waals surface area contributed by atoms with E-state index in [1.807, 2.05) is 42.6 Å². The van der Waals surface area contributed by atoms with Gasteiger partial charge in [0.15, 0.2) is 0 Å². The van der Waals surface area contributed by atoms with Crippen molar-refractivity contribution in [2.45, 2.75) is 13.3 Å². The molecule has 0 radical (unpaired) electrons. The largest absolute Gasteiger partial charge is 0.440 e. The quantitative estimate of drug-likeness (QED) is 0.699. The minimum atomic E-state index is -0.0999. The fraction of sp³-hybridized carbons (Fsp3) is 0.176. The van der Waals surface area contributed by atoms with E-state index in [1.54, 1.807) is 17.4 Å². The lowest BCUT2D eigenvalue weighted by atomic mass is 10.2. The summed E-state index contributed by atoms with van der Waals surface area (Å²) >= 11 is 4.98. The highest BCUT2D eigenvalue weighted by atomic mass is 79.9. The Balaban J connectivity index is 1.61. The van der Waals surface area contributed by atoms with Crippen LogP contribution in [0.15, 0.2) is 50.7 Å². The van der Waals surface area contributed by atoms with Crippen LogP contribution >= 0.6 is 27.3 Å². The van der Waals surface area contributed by atoms with Crippen LogP contribution in [0.1, 0.15) is 21.8 Å². The van der Waals surface area contributed by atoms with E-state index < -0.39 is 0 Å². The van der Waals surface area contributed by atoms with E-state index in [0.29, 0.717) is 24.4 Å². The van der Waals surface area contributed by atoms with Crippen LogP contribution in [0.3, 0.4) is 0 Å². The Morgan fingerprint density at radius 2 is 2.13 bits per heavy atom. The Morgan fingerprint density at radius 1 is 1.30 bits per heavy atom. The molecule has 1 amide bonds. The SMILES string of the molecule is Cc1oc(-c2cccs2)nc1CCNC(=O)c1ccccc1Br. The molecule has 0 atom stereocenters. The maximum absolute atomic E-state index is 12.1. The van der Waals surface area contributed by atoms with Crippen molar-refractivity contribution in [1.29, 1.82) is 0 Å². The van der Waals surface area contributed by atoms with Crippen molar-refractivity contribution in [3.8, 4) is 10.8 Å². The summed E-state index contributed by atoms with van der Waals surface area (Å²) in [5, 5.41) is 4.90. The molecule has 0 aliphatic heterocycles. The van der Waals surface area contributed by atoms with Crippen molar-refractivity contribution in [2.24, 2.45) is 0 Å². The van der Waals surface area contributed by atoms with Crippen LogP contribution in [0.25, 0.3) is 10.8 Å². The van der Waals surface area contributed by atoms with Gasteiger partial charge in [0.05, 0.1) is 16.1 Å². The summed E-state index contributed by atoms with van der Waals surface area (Å²) in [4.78, 5) is 17.7. The van der Waals surface area contributed by atoms with Crippen molar-refractivity contribution in [3.63, 3.8) is 0 Å². The van der Waals surface area contributed by atoms with Gasteiger partial charge in [-0.3, -0.25) is 4.79 Å². The highest BCUT2D eigenvalue weighted by Gasteiger charge is 2.13. The van der Waals surface area contributed by atoms with Gasteiger partial charge in [-0.05, 0) is 46.4 Å². The fourth-order valence-corrected chi connectivity index (χ4v) is 3.31. The molecule has 0 unspecified atom stereocenters. The number of hydrogen-bond donors (Lipinski definition) is 1. The van der Waals surface area contributed by atoms with E-state index >= 15 is 0 Å². The number of nitrogens with zero attached hydrogens (tertiary/aromatic N) is 1. The van der Waals surface area contributed by atoms with Crippen LogP contribution in [0.5, 0.6) is 0 Å². The number of carbonyl (C=O) groups excluding carboxylic acids is 1. The van der Waals surface area contributed by atoms with Crippen LogP contribution in [0.4, 0.5) is 0 Å². The van der Waals surface area contributed by atoms with Gasteiger partial charge >= 0.3 is 0 Å². The topological polar surface area (TPSA) is 55.1 Å². The predicted molar refractivity (Wildman–Crippen MR) is 94.7 cm³/mol. The Hall–Kier alpha value is -1.92. The van der Waals surface area contributed by atoms with Crippen molar-refractivity contribution >= 4 is 33.2 Å². The molecule has 0 spiro atoms. The van der Waals surface area contributed by atoms with Crippen LogP contribution < -0.4 is 5.32 Å². The second-order valence-corrected chi connectivity index (χ2v) is 6.79. The second-order valence-electron chi connectivity index (χ2n) is 4.98. The first-order valence-corrected chi connectivity index (χ1v) is 8.85. The van der Waals surface area contributed by atoms with Crippen LogP contribution in [0, 0.1) is 6.92 Å². The third kappa shape index (κ3) is 3.71. The molecule has 2 heterocycles. The maximum atomic E-state index is 12.1. The van der Waals surface area contributed by atoms with Gasteiger partial charge in [0.25, 0.3) is 5.91 Å². The molecule has 6 heteroatoms. The average Bonchev–Trinajstić information content (AvgIpc) is 3.18. The molecule has 3 rings (SSSR count). The van der Waals surface area contributed by atoms with E-state index in [2.05, 4.69) is 26.2 Å². The lowest BCUT2D eigenvalue weighted by Gasteiger charge is -2.05. The Morgan fingerprint density at radius 3 is 2.87 bits per heavy atom. The molecule has 1 aromatic carbocycles. The van der Waals surface area contributed by atoms with E-state index in [0.717, 1.165) is 20.8 Å². The maximum Gasteiger partial charge on any atom is 0.252 e. The molecule has 3 aromatic rings. The van der Waals surface area contributed by atoms with Crippen LogP contribution in [-0.4, -0.2) is 17.4 Å². The smallest absolute Gasteiger partial charge is 0.252 e. The number of carbonyl (C=O) groups is 1. The molecular weight excluding hydrogens is 376 g/mol. The first-order chi connectivity index (χ1) is 11.1. The summed E-state index contributed by atoms with van der Waals surface area (Å²) in [6.45, 7) is 2.41. The van der Waals surface area contributed by atoms with Gasteiger partial charge in [-0.2, -0.15) is 0 Å². The standard InChI is InChI=1S/C17H15BrN2O2S/c1-11-14(20-17(22-11)15-7-4-10-23-15)8-9-19-16(21)12-5-2-3-6-13(12)18/h2-7,10H,8-9H2,1H3,(H,19,21). The zero-order chi connectivity index (χ0) is 16.2. The molecule has 0 bridgehead atoms. The zero-order valence-electron chi connectivity index (χ0n) is 12.5. The van der Waals surface area contributed by atoms with Gasteiger partial charge in [0.1, 0.15) is 5.76 Å². The average molecular weight is 391 g/mol. The number of aromatic nitrogens is 1. The summed E-state index contributed by atoms with van der Waals surface area (Å²) in [5.41, 5.74) is 1.50. The minimum absolute atomic E-state index is 0.0999. The zero-order valence-corrected chi connectivity index (χ0v) is 14.9. The molecule has 118 valence electrons. The van der Waals surface area contributed by atoms with E-state index in [9.17, 15) is 4.79 Å². The molecule has 0 aliphatic rings. The van der Waals surface area contributed by atoms with E-state index in [-0.39, 0.29) is 5.91 Å². The number of nitrogens with one attached hydrogen (secondary N) is 1. The lowest BCUT2D eigenvalue weighted by molar-refractivity contribution is 0.0953. The molecule has 1 N–H and O–H groups in total. The van der Waals surface area contributed by atoms with Crippen LogP contribution in [-0.2, 0) is 6.42 Å². The van der Waals surface area contributed by atoms with Gasteiger partial charge in [0.2, 0.25) is 5.89 Å². The minimum Gasteiger partial charge on any atom is -0.440 e. The molecule has 0 saturated heterocycles. The second kappa shape index (κ2) is 7.10. The number of aryl methyl sites for hydroxylation is 1. The number of halogens is 1. The molecule has 23 heavy (non-hydrogen) atoms. The molecule has 0 aliphatic carbocycles. The highest BCUT2D eigenvalue weighted by Crippen LogP contribution is 2.26. The van der Waals surface area contributed by atoms with Gasteiger partial charge < -0.3 is 9.73 Å². The van der Waals surface area contributed by atoms with Gasteiger partial charge in [-0.1, -0.05) is 18.2 Å². The Labute approximate surface area is 146 Å². The molecule has 0 fully saturated rings. The summed E-state index contributed by atoms with van der Waals surface area (Å²) < 4.78 is 6.49. The van der Waals surface area contributed by atoms with Gasteiger partial charge in [0, 0.05) is 17.4 Å². The summed E-state index contributed by atoms with van der Waals surface area (Å²) in [5.74, 6) is 1.34. The number of benzene rings is 1. The van der Waals surface area contributed by atoms with Crippen molar-refractivity contribution < 1.29 is 9.21 Å². The van der Waals surface area contributed by atoms with Gasteiger partial charge in [-0.15, -0.1) is 11.3 Å². The third-order valence-corrected chi connectivity index (χ3v) is 4.94. The Bertz CT molecular complexity index is 812. The molecule has 0 saturated carbocycles. The highest BCUT2D eigenvalue weighted by molar-refractivity contribution is 9.10. The Kier molecular flexibility index (Phi) is 4.93. The van der Waals surface area contributed by atoms with Crippen LogP contribution in [0.2, 0.25) is 0 Å². The third-order valence-electron chi connectivity index (χ3n) is 3.39. The number of amides is 1. The molecule has 2 aromatic heterocycles. The summed E-state index contributed by atoms with van der Waals surface area (Å²) in [6.07, 6.45) is 0.636. The monoisotopic (exact) mass is 390 g/mol. The van der Waals surface area contributed by atoms with Crippen molar-refractivity contribution in [1.82, 2.24) is 10.3 Å². The molecule has 4 nitrogen and oxygen atoms in total. The van der Waals surface area contributed by atoms with E-state index in [4.69, 9.17) is 4.42 Å². The predicted octanol–water partition coefficient (Wildman–Crippen LogP) is 4.45. The van der Waals surface area contributed by atoms with Crippen molar-refractivity contribution in [2.75, 3.05) is 6.54 Å². The number of thiophene rings is 1. The first-order valence-electron chi connectivity index (χ1n) is 7.18. The number of oxazole rings is 1. The summed E-state index contributed by atoms with van der Waals surface area (Å²) in [6, 6.07) is 11.3. The van der Waals surface area contributed by atoms with Gasteiger partial charge in [-0.25, -0.2) is 4.98 Å². The number of rotatable bonds is 5. The van der Waals surface area contributed by atoms with Crippen molar-refractivity contribution in [3.05, 3.63) is 63.3 Å². The van der Waals surface area contributed by atoms with E-state index in [1.165, 1.54) is 0 Å². The lowest BCUT2D eigenvalue weighted by Crippen LogP contribution is -2.26. The fourth-order valence-electron chi connectivity index (χ4n) is 2.20. The number of hydrogen-bond acceptors (Lipinski definition) is 4. The first kappa shape index (κ1) is 16.0. The normalized spacial score (nSPS) is 10.7. The molecular formula is C17H15BrN2O2S. The summed E-state index contributed by atoms with van der Waals surface area (Å²) in [7, 11) is 0.